The molecule has 1 saturated heterocycles. The molecule has 25 heavy (non-hydrogen) atoms. The molecule has 1 aromatic carbocycles. The van der Waals surface area contributed by atoms with Gasteiger partial charge in [0.1, 0.15) is 0 Å². The molecule has 0 bridgehead atoms. The van der Waals surface area contributed by atoms with E-state index in [-0.39, 0.29) is 18.4 Å². The van der Waals surface area contributed by atoms with Crippen molar-refractivity contribution in [2.75, 3.05) is 38.5 Å². The van der Waals surface area contributed by atoms with Crippen molar-refractivity contribution in [3.05, 3.63) is 29.3 Å². The highest BCUT2D eigenvalue weighted by atomic mass is 16.2. The van der Waals surface area contributed by atoms with Crippen molar-refractivity contribution in [3.8, 4) is 0 Å². The fourth-order valence-electron chi connectivity index (χ4n) is 3.91. The molecule has 5 nitrogen and oxygen atoms in total. The maximum Gasteiger partial charge on any atom is 0.277 e. The van der Waals surface area contributed by atoms with Gasteiger partial charge in [0.05, 0.1) is 19.6 Å². The minimum atomic E-state index is -0.149. The second kappa shape index (κ2) is 8.48. The maximum absolute atomic E-state index is 12.5. The lowest BCUT2D eigenvalue weighted by Gasteiger charge is -2.32. The Labute approximate surface area is 151 Å². The van der Waals surface area contributed by atoms with E-state index in [9.17, 15) is 9.59 Å². The zero-order valence-corrected chi connectivity index (χ0v) is 16.2. The number of nitrogens with zero attached hydrogens (tertiary/aromatic N) is 1. The third kappa shape index (κ3) is 5.56. The van der Waals surface area contributed by atoms with Gasteiger partial charge in [-0.15, -0.1) is 0 Å². The molecule has 1 fully saturated rings. The van der Waals surface area contributed by atoms with Gasteiger partial charge in [0, 0.05) is 24.6 Å². The van der Waals surface area contributed by atoms with E-state index in [1.807, 2.05) is 32.0 Å². The molecule has 1 aromatic rings. The predicted molar refractivity (Wildman–Crippen MR) is 101 cm³/mol. The Balaban J connectivity index is 1.87. The van der Waals surface area contributed by atoms with Crippen LogP contribution in [0.1, 0.15) is 31.4 Å². The standard InChI is InChI=1S/C20H31N3O2/c1-14-9-15(2)11-23(10-14)13-19(25)22(5)12-18(24)21-20-16(3)7-6-8-17(20)4/h6-8,14-15H,9-13H2,1-5H3,(H,21,24)/p+1/t14-,15+. The summed E-state index contributed by atoms with van der Waals surface area (Å²) in [5.41, 5.74) is 2.91. The molecular weight excluding hydrogens is 314 g/mol. The Morgan fingerprint density at radius 1 is 1.16 bits per heavy atom. The van der Waals surface area contributed by atoms with Gasteiger partial charge in [-0.3, -0.25) is 9.59 Å². The molecule has 2 N–H and O–H groups in total. The first-order valence-electron chi connectivity index (χ1n) is 9.19. The summed E-state index contributed by atoms with van der Waals surface area (Å²) >= 11 is 0. The van der Waals surface area contributed by atoms with E-state index >= 15 is 0 Å². The molecule has 1 aliphatic rings. The summed E-state index contributed by atoms with van der Waals surface area (Å²) in [7, 11) is 1.71. The van der Waals surface area contributed by atoms with E-state index in [0.29, 0.717) is 18.4 Å². The molecule has 138 valence electrons. The number of amides is 2. The first-order chi connectivity index (χ1) is 11.8. The van der Waals surface area contributed by atoms with E-state index in [2.05, 4.69) is 19.2 Å². The largest absolute Gasteiger partial charge is 0.332 e. The van der Waals surface area contributed by atoms with Gasteiger partial charge in [-0.2, -0.15) is 0 Å². The van der Waals surface area contributed by atoms with Crippen LogP contribution in [0.4, 0.5) is 5.69 Å². The fraction of sp³-hybridized carbons (Fsp3) is 0.600. The van der Waals surface area contributed by atoms with Crippen molar-refractivity contribution < 1.29 is 14.5 Å². The van der Waals surface area contributed by atoms with E-state index in [1.165, 1.54) is 11.3 Å². The van der Waals surface area contributed by atoms with Crippen LogP contribution in [-0.4, -0.2) is 49.9 Å². The number of hydrogen-bond acceptors (Lipinski definition) is 2. The number of likely N-dealkylation sites (tertiary alicyclic amines) is 1. The number of para-hydroxylation sites is 1. The van der Waals surface area contributed by atoms with Gasteiger partial charge < -0.3 is 15.1 Å². The van der Waals surface area contributed by atoms with Crippen LogP contribution in [0.25, 0.3) is 0 Å². The molecule has 0 saturated carbocycles. The normalized spacial score (nSPS) is 23.2. The number of anilines is 1. The van der Waals surface area contributed by atoms with Crippen LogP contribution in [0.5, 0.6) is 0 Å². The second-order valence-corrected chi connectivity index (χ2v) is 7.85. The highest BCUT2D eigenvalue weighted by molar-refractivity contribution is 5.95. The lowest BCUT2D eigenvalue weighted by Crippen LogP contribution is -3.15. The average Bonchev–Trinajstić information content (AvgIpc) is 2.50. The molecule has 0 aliphatic carbocycles. The van der Waals surface area contributed by atoms with Crippen LogP contribution < -0.4 is 10.2 Å². The van der Waals surface area contributed by atoms with Gasteiger partial charge in [-0.05, 0) is 31.4 Å². The number of carbonyl (C=O) groups is 2. The average molecular weight is 346 g/mol. The summed E-state index contributed by atoms with van der Waals surface area (Å²) in [6, 6.07) is 5.92. The van der Waals surface area contributed by atoms with Crippen LogP contribution >= 0.6 is 0 Å². The molecule has 0 aromatic heterocycles. The third-order valence-electron chi connectivity index (χ3n) is 5.03. The first kappa shape index (κ1) is 19.4. The quantitative estimate of drug-likeness (QED) is 0.843. The predicted octanol–water partition coefficient (Wildman–Crippen LogP) is 1.26. The molecule has 2 rings (SSSR count). The summed E-state index contributed by atoms with van der Waals surface area (Å²) in [4.78, 5) is 27.7. The van der Waals surface area contributed by atoms with E-state index in [0.717, 1.165) is 29.9 Å². The van der Waals surface area contributed by atoms with Gasteiger partial charge in [0.25, 0.3) is 5.91 Å². The van der Waals surface area contributed by atoms with Crippen LogP contribution in [0, 0.1) is 25.7 Å². The van der Waals surface area contributed by atoms with Gasteiger partial charge in [0.2, 0.25) is 5.91 Å². The molecule has 2 amide bonds. The number of carbonyl (C=O) groups excluding carboxylic acids is 2. The lowest BCUT2D eigenvalue weighted by atomic mass is 9.92. The lowest BCUT2D eigenvalue weighted by molar-refractivity contribution is -0.904. The number of nitrogens with one attached hydrogen (secondary N) is 2. The highest BCUT2D eigenvalue weighted by Crippen LogP contribution is 2.19. The van der Waals surface area contributed by atoms with Gasteiger partial charge in [-0.25, -0.2) is 0 Å². The number of hydrogen-bond donors (Lipinski definition) is 2. The van der Waals surface area contributed by atoms with Crippen molar-refractivity contribution in [1.82, 2.24) is 4.90 Å². The zero-order chi connectivity index (χ0) is 18.6. The number of likely N-dealkylation sites (N-methyl/N-ethyl adjacent to an activating group) is 1. The molecular formula is C20H32N3O2+. The van der Waals surface area contributed by atoms with Crippen molar-refractivity contribution in [1.29, 1.82) is 0 Å². The van der Waals surface area contributed by atoms with E-state index in [4.69, 9.17) is 0 Å². The molecule has 5 heteroatoms. The minimum absolute atomic E-state index is 0.0351. The number of rotatable bonds is 5. The fourth-order valence-corrected chi connectivity index (χ4v) is 3.91. The molecule has 0 radical (unpaired) electrons. The number of aryl methyl sites for hydroxylation is 2. The molecule has 1 aliphatic heterocycles. The number of piperidine rings is 1. The van der Waals surface area contributed by atoms with Gasteiger partial charge in [0.15, 0.2) is 6.54 Å². The summed E-state index contributed by atoms with van der Waals surface area (Å²) in [6.07, 6.45) is 1.24. The molecule has 1 unspecified atom stereocenters. The van der Waals surface area contributed by atoms with Gasteiger partial charge >= 0.3 is 0 Å². The van der Waals surface area contributed by atoms with Gasteiger partial charge in [-0.1, -0.05) is 32.0 Å². The Hall–Kier alpha value is -1.88. The monoisotopic (exact) mass is 346 g/mol. The Morgan fingerprint density at radius 3 is 2.28 bits per heavy atom. The second-order valence-electron chi connectivity index (χ2n) is 7.85. The summed E-state index contributed by atoms with van der Waals surface area (Å²) in [6.45, 7) is 11.1. The zero-order valence-electron chi connectivity index (χ0n) is 16.2. The van der Waals surface area contributed by atoms with Crippen molar-refractivity contribution in [3.63, 3.8) is 0 Å². The van der Waals surface area contributed by atoms with Crippen LogP contribution in [0.3, 0.4) is 0 Å². The Bertz CT molecular complexity index is 599. The Morgan fingerprint density at radius 2 is 1.72 bits per heavy atom. The smallest absolute Gasteiger partial charge is 0.277 e. The molecule has 3 atom stereocenters. The topological polar surface area (TPSA) is 53.9 Å². The third-order valence-corrected chi connectivity index (χ3v) is 5.03. The SMILES string of the molecule is Cc1cccc(C)c1NC(=O)CN(C)C(=O)C[NH+]1C[C@H](C)C[C@H](C)C1. The Kier molecular flexibility index (Phi) is 6.59. The van der Waals surface area contributed by atoms with E-state index in [1.54, 1.807) is 11.9 Å². The van der Waals surface area contributed by atoms with Crippen molar-refractivity contribution >= 4 is 17.5 Å². The highest BCUT2D eigenvalue weighted by Gasteiger charge is 2.28. The van der Waals surface area contributed by atoms with Crippen LogP contribution in [-0.2, 0) is 9.59 Å². The summed E-state index contributed by atoms with van der Waals surface area (Å²) in [5.74, 6) is 1.20. The minimum Gasteiger partial charge on any atom is -0.332 e. The number of benzene rings is 1. The first-order valence-corrected chi connectivity index (χ1v) is 9.19. The van der Waals surface area contributed by atoms with Crippen LogP contribution in [0.15, 0.2) is 18.2 Å². The van der Waals surface area contributed by atoms with E-state index < -0.39 is 0 Å². The molecule has 0 spiro atoms. The number of quaternary nitrogens is 1. The van der Waals surface area contributed by atoms with Crippen LogP contribution in [0.2, 0.25) is 0 Å². The summed E-state index contributed by atoms with van der Waals surface area (Å²) < 4.78 is 0. The van der Waals surface area contributed by atoms with Crippen molar-refractivity contribution in [2.45, 2.75) is 34.1 Å². The maximum atomic E-state index is 12.5. The molecule has 1 heterocycles. The summed E-state index contributed by atoms with van der Waals surface area (Å²) in [5, 5.41) is 2.94. The van der Waals surface area contributed by atoms with Crippen molar-refractivity contribution in [2.24, 2.45) is 11.8 Å².